The van der Waals surface area contributed by atoms with Gasteiger partial charge >= 0.3 is 5.69 Å². The zero-order chi connectivity index (χ0) is 25.1. The molecule has 0 fully saturated rings. The normalized spacial score (nSPS) is 12.1. The molecule has 0 spiro atoms. The summed E-state index contributed by atoms with van der Waals surface area (Å²) in [4.78, 5) is 26.3. The van der Waals surface area contributed by atoms with Crippen molar-refractivity contribution in [2.75, 3.05) is 17.6 Å². The number of aromatic amines is 1. The number of nitrogens with zero attached hydrogens (tertiary/aromatic N) is 1. The molecular formula is C25H29N3O5S. The Morgan fingerprint density at radius 2 is 1.74 bits per heavy atom. The first kappa shape index (κ1) is 25.0. The summed E-state index contributed by atoms with van der Waals surface area (Å²) in [6.07, 6.45) is 6.32. The minimum absolute atomic E-state index is 0.284. The van der Waals surface area contributed by atoms with Crippen LogP contribution in [0.4, 0.5) is 5.69 Å². The van der Waals surface area contributed by atoms with E-state index in [1.807, 2.05) is 31.2 Å². The minimum atomic E-state index is -3.35. The molecule has 0 bridgehead atoms. The quantitative estimate of drug-likeness (QED) is 0.497. The summed E-state index contributed by atoms with van der Waals surface area (Å²) >= 11 is 0. The zero-order valence-corrected chi connectivity index (χ0v) is 20.7. The average molecular weight is 484 g/mol. The molecule has 0 atom stereocenters. The largest absolute Gasteiger partial charge is 0.493 e. The average Bonchev–Trinajstić information content (AvgIpc) is 2.72. The fraction of sp³-hybridized carbons (Fsp3) is 0.280. The number of rotatable bonds is 7. The molecule has 0 radical (unpaired) electrons. The molecule has 1 aromatic heterocycles. The lowest BCUT2D eigenvalue weighted by Gasteiger charge is -2.25. The van der Waals surface area contributed by atoms with Crippen LogP contribution in [0.15, 0.2) is 58.3 Å². The van der Waals surface area contributed by atoms with E-state index < -0.39 is 21.3 Å². The van der Waals surface area contributed by atoms with E-state index in [1.165, 1.54) is 16.8 Å². The van der Waals surface area contributed by atoms with E-state index in [0.717, 1.165) is 22.9 Å². The van der Waals surface area contributed by atoms with Crippen LogP contribution in [0.5, 0.6) is 5.75 Å². The fourth-order valence-electron chi connectivity index (χ4n) is 3.44. The Labute approximate surface area is 199 Å². The van der Waals surface area contributed by atoms with Gasteiger partial charge in [-0.25, -0.2) is 13.2 Å². The van der Waals surface area contributed by atoms with E-state index in [9.17, 15) is 18.0 Å². The van der Waals surface area contributed by atoms with Crippen molar-refractivity contribution in [2.24, 2.45) is 0 Å². The van der Waals surface area contributed by atoms with Gasteiger partial charge in [-0.05, 0) is 42.2 Å². The van der Waals surface area contributed by atoms with Gasteiger partial charge in [0.1, 0.15) is 5.75 Å². The first-order chi connectivity index (χ1) is 15.9. The highest BCUT2D eigenvalue weighted by molar-refractivity contribution is 7.92. The Morgan fingerprint density at radius 3 is 2.29 bits per heavy atom. The molecule has 0 aliphatic heterocycles. The van der Waals surface area contributed by atoms with E-state index in [1.54, 1.807) is 24.3 Å². The van der Waals surface area contributed by atoms with Gasteiger partial charge in [-0.3, -0.25) is 19.1 Å². The van der Waals surface area contributed by atoms with Gasteiger partial charge in [0.2, 0.25) is 10.0 Å². The molecule has 0 saturated carbocycles. The van der Waals surface area contributed by atoms with Crippen molar-refractivity contribution >= 4 is 27.9 Å². The van der Waals surface area contributed by atoms with Gasteiger partial charge in [0, 0.05) is 29.1 Å². The molecule has 9 heteroatoms. The molecule has 2 N–H and O–H groups in total. The lowest BCUT2D eigenvalue weighted by Crippen LogP contribution is -2.28. The van der Waals surface area contributed by atoms with Gasteiger partial charge in [-0.15, -0.1) is 0 Å². The molecule has 3 rings (SSSR count). The van der Waals surface area contributed by atoms with Crippen LogP contribution in [-0.2, 0) is 15.4 Å². The second kappa shape index (κ2) is 9.72. The summed E-state index contributed by atoms with van der Waals surface area (Å²) in [5, 5.41) is 0. The maximum Gasteiger partial charge on any atom is 0.332 e. The summed E-state index contributed by atoms with van der Waals surface area (Å²) in [6.45, 7) is 8.56. The van der Waals surface area contributed by atoms with Crippen LogP contribution >= 0.6 is 0 Å². The number of anilines is 1. The number of nitrogens with one attached hydrogen (secondary N) is 2. The lowest BCUT2D eigenvalue weighted by molar-refractivity contribution is 0.329. The van der Waals surface area contributed by atoms with E-state index in [-0.39, 0.29) is 5.41 Å². The Balaban J connectivity index is 2.12. The minimum Gasteiger partial charge on any atom is -0.493 e. The van der Waals surface area contributed by atoms with Crippen molar-refractivity contribution in [3.8, 4) is 11.4 Å². The Morgan fingerprint density at radius 1 is 1.06 bits per heavy atom. The summed E-state index contributed by atoms with van der Waals surface area (Å²) in [7, 11) is -3.35. The standard InChI is InChI=1S/C25H29N3O5S/c1-6-33-23-18(10-7-17-8-11-19(12-9-17)27-34(5,31)32)15-20(16-21(23)25(2,3)4)28-14-13-22(29)26-24(28)30/h7-16,27H,6H2,1-5H3,(H,26,29,30)/b10-7+. The maximum atomic E-state index is 12.4. The van der Waals surface area contributed by atoms with Crippen LogP contribution in [0.3, 0.4) is 0 Å². The van der Waals surface area contributed by atoms with Crippen LogP contribution in [0.25, 0.3) is 17.8 Å². The number of hydrogen-bond acceptors (Lipinski definition) is 5. The summed E-state index contributed by atoms with van der Waals surface area (Å²) in [5.74, 6) is 0.711. The smallest absolute Gasteiger partial charge is 0.332 e. The van der Waals surface area contributed by atoms with Gasteiger partial charge in [-0.2, -0.15) is 0 Å². The van der Waals surface area contributed by atoms with Gasteiger partial charge in [-0.1, -0.05) is 45.1 Å². The molecule has 8 nitrogen and oxygen atoms in total. The molecule has 1 heterocycles. The van der Waals surface area contributed by atoms with Crippen LogP contribution < -0.4 is 20.7 Å². The third kappa shape index (κ3) is 6.26. The molecular weight excluding hydrogens is 454 g/mol. The second-order valence-corrected chi connectivity index (χ2v) is 10.7. The van der Waals surface area contributed by atoms with Crippen molar-refractivity contribution in [3.05, 3.63) is 86.2 Å². The predicted molar refractivity (Wildman–Crippen MR) is 136 cm³/mol. The first-order valence-electron chi connectivity index (χ1n) is 10.8. The Hall–Kier alpha value is -3.59. The van der Waals surface area contributed by atoms with Gasteiger partial charge < -0.3 is 4.74 Å². The molecule has 2 aromatic carbocycles. The highest BCUT2D eigenvalue weighted by Crippen LogP contribution is 2.37. The number of H-pyrrole nitrogens is 1. The predicted octanol–water partition coefficient (Wildman–Crippen LogP) is 3.76. The Bertz CT molecular complexity index is 1430. The van der Waals surface area contributed by atoms with Crippen LogP contribution in [-0.4, -0.2) is 30.8 Å². The van der Waals surface area contributed by atoms with Crippen LogP contribution in [0, 0.1) is 0 Å². The highest BCUT2D eigenvalue weighted by atomic mass is 32.2. The SMILES string of the molecule is CCOc1c(/C=C/c2ccc(NS(C)(=O)=O)cc2)cc(-n2ccc(=O)[nH]c2=O)cc1C(C)(C)C. The van der Waals surface area contributed by atoms with E-state index in [4.69, 9.17) is 4.74 Å². The van der Waals surface area contributed by atoms with Gasteiger partial charge in [0.05, 0.1) is 18.6 Å². The number of hydrogen-bond donors (Lipinski definition) is 2. The summed E-state index contributed by atoms with van der Waals surface area (Å²) < 4.78 is 32.7. The molecule has 0 unspecified atom stereocenters. The van der Waals surface area contributed by atoms with Gasteiger partial charge in [0.15, 0.2) is 0 Å². The topological polar surface area (TPSA) is 110 Å². The van der Waals surface area contributed by atoms with E-state index in [0.29, 0.717) is 23.7 Å². The molecule has 34 heavy (non-hydrogen) atoms. The maximum absolute atomic E-state index is 12.4. The second-order valence-electron chi connectivity index (χ2n) is 8.90. The van der Waals surface area contributed by atoms with Crippen LogP contribution in [0.1, 0.15) is 44.4 Å². The third-order valence-corrected chi connectivity index (χ3v) is 5.58. The Kier molecular flexibility index (Phi) is 7.16. The van der Waals surface area contributed by atoms with E-state index in [2.05, 4.69) is 30.5 Å². The van der Waals surface area contributed by atoms with Crippen LogP contribution in [0.2, 0.25) is 0 Å². The highest BCUT2D eigenvalue weighted by Gasteiger charge is 2.23. The van der Waals surface area contributed by atoms with Crippen molar-refractivity contribution in [3.63, 3.8) is 0 Å². The van der Waals surface area contributed by atoms with Crippen molar-refractivity contribution < 1.29 is 13.2 Å². The number of benzene rings is 2. The lowest BCUT2D eigenvalue weighted by atomic mass is 9.84. The van der Waals surface area contributed by atoms with Crippen molar-refractivity contribution in [1.82, 2.24) is 9.55 Å². The number of ether oxygens (including phenoxy) is 1. The summed E-state index contributed by atoms with van der Waals surface area (Å²) in [5.41, 5.74) is 2.33. The first-order valence-corrected chi connectivity index (χ1v) is 12.7. The van der Waals surface area contributed by atoms with E-state index >= 15 is 0 Å². The molecule has 180 valence electrons. The molecule has 0 amide bonds. The van der Waals surface area contributed by atoms with Crippen molar-refractivity contribution in [1.29, 1.82) is 0 Å². The molecule has 0 aliphatic rings. The van der Waals surface area contributed by atoms with Gasteiger partial charge in [0.25, 0.3) is 5.56 Å². The number of aromatic nitrogens is 2. The molecule has 0 saturated heterocycles. The monoisotopic (exact) mass is 483 g/mol. The molecule has 3 aromatic rings. The third-order valence-electron chi connectivity index (χ3n) is 4.97. The summed E-state index contributed by atoms with van der Waals surface area (Å²) in [6, 6.07) is 12.0. The molecule has 0 aliphatic carbocycles. The fourth-order valence-corrected chi connectivity index (χ4v) is 4.01. The number of sulfonamides is 1. The van der Waals surface area contributed by atoms with Crippen molar-refractivity contribution in [2.45, 2.75) is 33.1 Å². The zero-order valence-electron chi connectivity index (χ0n) is 19.9.